The highest BCUT2D eigenvalue weighted by Gasteiger charge is 2.17. The van der Waals surface area contributed by atoms with Crippen LogP contribution in [0.1, 0.15) is 22.9 Å². The van der Waals surface area contributed by atoms with Gasteiger partial charge in [-0.1, -0.05) is 12.1 Å². The zero-order valence-corrected chi connectivity index (χ0v) is 9.81. The van der Waals surface area contributed by atoms with E-state index in [1.807, 2.05) is 14.0 Å². The van der Waals surface area contributed by atoms with Gasteiger partial charge in [0.25, 0.3) is 0 Å². The number of halogens is 1. The van der Waals surface area contributed by atoms with Crippen molar-refractivity contribution in [2.75, 3.05) is 0 Å². The van der Waals surface area contributed by atoms with Gasteiger partial charge < -0.3 is 0 Å². The maximum atomic E-state index is 12.9. The van der Waals surface area contributed by atoms with Gasteiger partial charge in [0.1, 0.15) is 5.82 Å². The highest BCUT2D eigenvalue weighted by molar-refractivity contribution is 5.32. The zero-order valence-electron chi connectivity index (χ0n) is 9.81. The fourth-order valence-electron chi connectivity index (χ4n) is 1.82. The largest absolute Gasteiger partial charge is 0.273 e. The van der Waals surface area contributed by atoms with E-state index in [1.165, 1.54) is 12.1 Å². The maximum absolute atomic E-state index is 12.9. The minimum Gasteiger partial charge on any atom is -0.273 e. The third-order valence-corrected chi connectivity index (χ3v) is 2.95. The molecule has 0 saturated heterocycles. The molecule has 2 rings (SSSR count). The number of benzene rings is 1. The highest BCUT2D eigenvalue weighted by Crippen LogP contribution is 2.23. The van der Waals surface area contributed by atoms with Crippen LogP contribution in [0, 0.1) is 12.7 Å². The molecule has 0 aliphatic rings. The van der Waals surface area contributed by atoms with Crippen molar-refractivity contribution in [1.29, 1.82) is 0 Å². The molecule has 1 heterocycles. The molecule has 0 aliphatic heterocycles. The van der Waals surface area contributed by atoms with Crippen molar-refractivity contribution in [3.8, 4) is 0 Å². The lowest BCUT2D eigenvalue weighted by molar-refractivity contribution is 0.613. The summed E-state index contributed by atoms with van der Waals surface area (Å²) in [4.78, 5) is 0. The monoisotopic (exact) mass is 234 g/mol. The normalized spacial score (nSPS) is 12.7. The van der Waals surface area contributed by atoms with Crippen molar-refractivity contribution in [1.82, 2.24) is 15.2 Å². The van der Waals surface area contributed by atoms with Gasteiger partial charge in [-0.3, -0.25) is 10.5 Å². The quantitative estimate of drug-likeness (QED) is 0.624. The molecule has 2 aromatic rings. The fourth-order valence-corrected chi connectivity index (χ4v) is 1.82. The zero-order chi connectivity index (χ0) is 12.4. The second-order valence-electron chi connectivity index (χ2n) is 3.96. The molecule has 1 atom stereocenters. The molecule has 0 saturated carbocycles. The third-order valence-electron chi connectivity index (χ3n) is 2.95. The molecule has 5 heteroatoms. The van der Waals surface area contributed by atoms with Gasteiger partial charge >= 0.3 is 0 Å². The van der Waals surface area contributed by atoms with Gasteiger partial charge in [-0.15, -0.1) is 0 Å². The summed E-state index contributed by atoms with van der Waals surface area (Å²) < 4.78 is 14.7. The summed E-state index contributed by atoms with van der Waals surface area (Å²) in [6, 6.07) is 6.10. The van der Waals surface area contributed by atoms with Gasteiger partial charge in [-0.25, -0.2) is 9.82 Å². The number of aromatic nitrogens is 2. The number of hydrogen-bond donors (Lipinski definition) is 2. The average Bonchev–Trinajstić information content (AvgIpc) is 2.65. The van der Waals surface area contributed by atoms with E-state index in [4.69, 9.17) is 5.84 Å². The molecule has 0 aliphatic carbocycles. The molecule has 1 aromatic carbocycles. The van der Waals surface area contributed by atoms with Gasteiger partial charge in [-0.2, -0.15) is 5.10 Å². The van der Waals surface area contributed by atoms with E-state index in [0.717, 1.165) is 16.8 Å². The Bertz CT molecular complexity index is 504. The van der Waals surface area contributed by atoms with Crippen molar-refractivity contribution in [3.05, 3.63) is 53.1 Å². The van der Waals surface area contributed by atoms with Crippen LogP contribution in [0.25, 0.3) is 0 Å². The van der Waals surface area contributed by atoms with Gasteiger partial charge in [-0.05, 0) is 24.6 Å². The first kappa shape index (κ1) is 11.8. The van der Waals surface area contributed by atoms with Crippen molar-refractivity contribution in [2.45, 2.75) is 13.0 Å². The molecule has 90 valence electrons. The first-order chi connectivity index (χ1) is 8.13. The molecule has 0 spiro atoms. The van der Waals surface area contributed by atoms with Crippen LogP contribution in [-0.2, 0) is 7.05 Å². The minimum absolute atomic E-state index is 0.177. The van der Waals surface area contributed by atoms with E-state index in [2.05, 4.69) is 10.5 Å². The average molecular weight is 234 g/mol. The number of hydrazine groups is 1. The Kier molecular flexibility index (Phi) is 3.21. The number of nitrogens with two attached hydrogens (primary N) is 1. The van der Waals surface area contributed by atoms with Crippen molar-refractivity contribution in [2.24, 2.45) is 12.9 Å². The van der Waals surface area contributed by atoms with Crippen molar-refractivity contribution >= 4 is 0 Å². The maximum Gasteiger partial charge on any atom is 0.123 e. The van der Waals surface area contributed by atoms with Crippen LogP contribution >= 0.6 is 0 Å². The Morgan fingerprint density at radius 2 is 2.00 bits per heavy atom. The van der Waals surface area contributed by atoms with E-state index < -0.39 is 0 Å². The van der Waals surface area contributed by atoms with E-state index in [9.17, 15) is 4.39 Å². The summed E-state index contributed by atoms with van der Waals surface area (Å²) in [5, 5.41) is 4.18. The Morgan fingerprint density at radius 1 is 1.35 bits per heavy atom. The first-order valence-corrected chi connectivity index (χ1v) is 5.33. The Balaban J connectivity index is 2.40. The Morgan fingerprint density at radius 3 is 2.47 bits per heavy atom. The predicted molar refractivity (Wildman–Crippen MR) is 63.5 cm³/mol. The number of nitrogens with one attached hydrogen (secondary N) is 1. The number of rotatable bonds is 3. The van der Waals surface area contributed by atoms with Crippen LogP contribution in [0.3, 0.4) is 0 Å². The SMILES string of the molecule is Cc1c(C(NN)c2ccc(F)cc2)cnn1C. The second-order valence-corrected chi connectivity index (χ2v) is 3.96. The topological polar surface area (TPSA) is 55.9 Å². The molecule has 0 amide bonds. The fraction of sp³-hybridized carbons (Fsp3) is 0.250. The smallest absolute Gasteiger partial charge is 0.123 e. The predicted octanol–water partition coefficient (Wildman–Crippen LogP) is 1.42. The second kappa shape index (κ2) is 4.65. The summed E-state index contributed by atoms with van der Waals surface area (Å²) in [5.74, 6) is 5.32. The van der Waals surface area contributed by atoms with Crippen LogP contribution < -0.4 is 11.3 Å². The van der Waals surface area contributed by atoms with Crippen molar-refractivity contribution < 1.29 is 4.39 Å². The number of hydrogen-bond acceptors (Lipinski definition) is 3. The molecule has 4 nitrogen and oxygen atoms in total. The van der Waals surface area contributed by atoms with Crippen molar-refractivity contribution in [3.63, 3.8) is 0 Å². The minimum atomic E-state index is -0.257. The molecule has 1 unspecified atom stereocenters. The van der Waals surface area contributed by atoms with E-state index in [0.29, 0.717) is 0 Å². The van der Waals surface area contributed by atoms with Gasteiger partial charge in [0, 0.05) is 18.3 Å². The van der Waals surface area contributed by atoms with Gasteiger partial charge in [0.2, 0.25) is 0 Å². The molecule has 0 radical (unpaired) electrons. The lowest BCUT2D eigenvalue weighted by atomic mass is 10.00. The molecular weight excluding hydrogens is 219 g/mol. The number of aryl methyl sites for hydroxylation is 1. The van der Waals surface area contributed by atoms with Crippen LogP contribution in [0.2, 0.25) is 0 Å². The van der Waals surface area contributed by atoms with Crippen LogP contribution in [-0.4, -0.2) is 9.78 Å². The summed E-state index contributed by atoms with van der Waals surface area (Å²) in [5.41, 5.74) is 5.65. The summed E-state index contributed by atoms with van der Waals surface area (Å²) >= 11 is 0. The molecule has 3 N–H and O–H groups in total. The van der Waals surface area contributed by atoms with E-state index in [-0.39, 0.29) is 11.9 Å². The summed E-state index contributed by atoms with van der Waals surface area (Å²) in [7, 11) is 1.87. The lowest BCUT2D eigenvalue weighted by Gasteiger charge is -2.16. The number of nitrogens with zero attached hydrogens (tertiary/aromatic N) is 2. The Labute approximate surface area is 99.2 Å². The van der Waals surface area contributed by atoms with Crippen LogP contribution in [0.15, 0.2) is 30.5 Å². The van der Waals surface area contributed by atoms with Gasteiger partial charge in [0.15, 0.2) is 0 Å². The Hall–Kier alpha value is -1.72. The van der Waals surface area contributed by atoms with Gasteiger partial charge in [0.05, 0.1) is 12.2 Å². The van der Waals surface area contributed by atoms with Crippen LogP contribution in [0.4, 0.5) is 4.39 Å². The molecule has 1 aromatic heterocycles. The van der Waals surface area contributed by atoms with E-state index >= 15 is 0 Å². The van der Waals surface area contributed by atoms with Crippen LogP contribution in [0.5, 0.6) is 0 Å². The highest BCUT2D eigenvalue weighted by atomic mass is 19.1. The lowest BCUT2D eigenvalue weighted by Crippen LogP contribution is -2.29. The molecule has 17 heavy (non-hydrogen) atoms. The first-order valence-electron chi connectivity index (χ1n) is 5.33. The molecular formula is C12H15FN4. The standard InChI is InChI=1S/C12H15FN4/c1-8-11(7-15-17(8)2)12(16-14)9-3-5-10(13)6-4-9/h3-7,12,16H,14H2,1-2H3. The third kappa shape index (κ3) is 2.20. The molecule has 0 fully saturated rings. The van der Waals surface area contributed by atoms with E-state index in [1.54, 1.807) is 23.0 Å². The summed E-state index contributed by atoms with van der Waals surface area (Å²) in [6.45, 7) is 1.97. The molecule has 0 bridgehead atoms. The summed E-state index contributed by atoms with van der Waals surface area (Å²) in [6.07, 6.45) is 1.77.